The van der Waals surface area contributed by atoms with Crippen molar-refractivity contribution in [3.63, 3.8) is 0 Å². The summed E-state index contributed by atoms with van der Waals surface area (Å²) in [5.74, 6) is 0. The van der Waals surface area contributed by atoms with E-state index in [4.69, 9.17) is 4.74 Å². The standard InChI is InChI=1S/C11H14NO.BrH.Zn/c1-9-8-10(5-6-12-9)11-4-2-3-7-13-11;;/h2,5-6,8,11H,3-4,7H2,1H3;1H;/q-1;;+2/p-1/t11-;;/m0../s1. The normalized spacial score (nSPS) is 20.4. The summed E-state index contributed by atoms with van der Waals surface area (Å²) in [7, 11) is 0. The molecule has 1 aliphatic rings. The van der Waals surface area contributed by atoms with Crippen LogP contribution in [0, 0.1) is 13.3 Å². The number of hydrogen-bond donors (Lipinski definition) is 0. The van der Waals surface area contributed by atoms with E-state index < -0.39 is 0 Å². The first kappa shape index (κ1) is 13.3. The molecule has 1 aliphatic heterocycles. The summed E-state index contributed by atoms with van der Waals surface area (Å²) in [6.07, 6.45) is 6.52. The Bertz CT molecular complexity index is 290. The SMILES string of the molecule is Cc1cc([C@@H]2C[CH-]CCO2)ccn1.[Zn+][Br]. The number of rotatable bonds is 1. The van der Waals surface area contributed by atoms with Crippen LogP contribution in [-0.4, -0.2) is 11.6 Å². The molecule has 0 spiro atoms. The molecule has 2 heterocycles. The molecule has 4 heteroatoms. The number of hydrogen-bond acceptors (Lipinski definition) is 2. The Morgan fingerprint density at radius 3 is 3.00 bits per heavy atom. The van der Waals surface area contributed by atoms with Crippen molar-refractivity contribution >= 4 is 13.6 Å². The maximum atomic E-state index is 5.66. The van der Waals surface area contributed by atoms with E-state index in [-0.39, 0.29) is 6.10 Å². The molecule has 0 aromatic carbocycles. The van der Waals surface area contributed by atoms with Gasteiger partial charge in [0.1, 0.15) is 0 Å². The summed E-state index contributed by atoms with van der Waals surface area (Å²) in [5.41, 5.74) is 2.31. The molecule has 1 fully saturated rings. The molecule has 15 heavy (non-hydrogen) atoms. The zero-order valence-electron chi connectivity index (χ0n) is 8.95. The van der Waals surface area contributed by atoms with E-state index in [0.717, 1.165) is 25.1 Å². The van der Waals surface area contributed by atoms with E-state index in [9.17, 15) is 0 Å². The number of ether oxygens (including phenoxy) is 1. The van der Waals surface area contributed by atoms with Crippen LogP contribution >= 0.6 is 13.6 Å². The number of aryl methyl sites for hydroxylation is 1. The van der Waals surface area contributed by atoms with Crippen LogP contribution in [0.4, 0.5) is 0 Å². The van der Waals surface area contributed by atoms with Gasteiger partial charge in [-0.2, -0.15) is 6.42 Å². The van der Waals surface area contributed by atoms with E-state index in [1.807, 2.05) is 19.2 Å². The molecule has 2 rings (SSSR count). The van der Waals surface area contributed by atoms with Crippen molar-refractivity contribution in [3.05, 3.63) is 36.0 Å². The minimum atomic E-state index is 0.260. The summed E-state index contributed by atoms with van der Waals surface area (Å²) in [6, 6.07) is 4.14. The Labute approximate surface area is 108 Å². The van der Waals surface area contributed by atoms with E-state index >= 15 is 0 Å². The number of nitrogens with zero attached hydrogens (tertiary/aromatic N) is 1. The molecule has 0 unspecified atom stereocenters. The Morgan fingerprint density at radius 2 is 2.40 bits per heavy atom. The third-order valence-electron chi connectivity index (χ3n) is 2.31. The molecule has 0 N–H and O–H groups in total. The fourth-order valence-corrected chi connectivity index (χ4v) is 1.63. The molecule has 0 saturated carbocycles. The first-order chi connectivity index (χ1) is 7.36. The van der Waals surface area contributed by atoms with Crippen molar-refractivity contribution in [3.8, 4) is 0 Å². The van der Waals surface area contributed by atoms with Gasteiger partial charge in [0.25, 0.3) is 0 Å². The average Bonchev–Trinajstić information content (AvgIpc) is 2.33. The fourth-order valence-electron chi connectivity index (χ4n) is 1.63. The van der Waals surface area contributed by atoms with Crippen LogP contribution in [-0.2, 0) is 21.1 Å². The van der Waals surface area contributed by atoms with Crippen molar-refractivity contribution in [1.29, 1.82) is 0 Å². The van der Waals surface area contributed by atoms with Gasteiger partial charge in [-0.3, -0.25) is 4.98 Å². The van der Waals surface area contributed by atoms with Crippen LogP contribution in [0.15, 0.2) is 18.3 Å². The molecule has 0 amide bonds. The van der Waals surface area contributed by atoms with E-state index in [1.165, 1.54) is 21.9 Å². The molecule has 1 aromatic rings. The molecule has 1 atom stereocenters. The summed E-state index contributed by atoms with van der Waals surface area (Å²) < 4.78 is 5.66. The second kappa shape index (κ2) is 7.48. The molecule has 1 saturated heterocycles. The Kier molecular flexibility index (Phi) is 6.62. The zero-order chi connectivity index (χ0) is 11.1. The number of pyridine rings is 1. The second-order valence-electron chi connectivity index (χ2n) is 3.40. The minimum absolute atomic E-state index is 0.260. The molecular weight excluding hydrogens is 307 g/mol. The first-order valence-electron chi connectivity index (χ1n) is 4.99. The van der Waals surface area contributed by atoms with Crippen molar-refractivity contribution < 1.29 is 21.1 Å². The van der Waals surface area contributed by atoms with Crippen LogP contribution in [0.3, 0.4) is 0 Å². The topological polar surface area (TPSA) is 22.1 Å². The van der Waals surface area contributed by atoms with Gasteiger partial charge in [0.05, 0.1) is 6.10 Å². The van der Waals surface area contributed by atoms with Crippen molar-refractivity contribution in [1.82, 2.24) is 4.98 Å². The van der Waals surface area contributed by atoms with Crippen molar-refractivity contribution in [2.75, 3.05) is 6.61 Å². The molecule has 0 bridgehead atoms. The summed E-state index contributed by atoms with van der Waals surface area (Å²) >= 11 is 4.25. The third kappa shape index (κ3) is 4.30. The monoisotopic (exact) mass is 319 g/mol. The second-order valence-corrected chi connectivity index (χ2v) is 3.40. The summed E-state index contributed by atoms with van der Waals surface area (Å²) in [6.45, 7) is 2.86. The number of halogens is 1. The molecular formula is C11H14BrNOZn. The Balaban J connectivity index is 0.000000531. The Hall–Kier alpha value is 0.213. The quantitative estimate of drug-likeness (QED) is 0.585. The summed E-state index contributed by atoms with van der Waals surface area (Å²) in [4.78, 5) is 4.17. The van der Waals surface area contributed by atoms with Gasteiger partial charge in [-0.15, -0.1) is 6.42 Å². The van der Waals surface area contributed by atoms with E-state index in [0.29, 0.717) is 0 Å². The zero-order valence-corrected chi connectivity index (χ0v) is 13.5. The van der Waals surface area contributed by atoms with Crippen molar-refractivity contribution in [2.45, 2.75) is 25.9 Å². The predicted molar refractivity (Wildman–Crippen MR) is 60.1 cm³/mol. The average molecular weight is 322 g/mol. The van der Waals surface area contributed by atoms with Crippen molar-refractivity contribution in [2.24, 2.45) is 0 Å². The van der Waals surface area contributed by atoms with E-state index in [2.05, 4.69) is 31.1 Å². The van der Waals surface area contributed by atoms with Gasteiger partial charge in [0.15, 0.2) is 0 Å². The fraction of sp³-hybridized carbons (Fsp3) is 0.455. The van der Waals surface area contributed by atoms with Gasteiger partial charge in [0, 0.05) is 18.5 Å². The predicted octanol–water partition coefficient (Wildman–Crippen LogP) is 3.29. The van der Waals surface area contributed by atoms with Gasteiger partial charge in [-0.1, -0.05) is 0 Å². The van der Waals surface area contributed by atoms with Crippen LogP contribution < -0.4 is 0 Å². The van der Waals surface area contributed by atoms with Crippen LogP contribution in [0.25, 0.3) is 0 Å². The summed E-state index contributed by atoms with van der Waals surface area (Å²) in [5, 5.41) is 0. The van der Waals surface area contributed by atoms with Crippen LogP contribution in [0.1, 0.15) is 30.2 Å². The molecule has 0 radical (unpaired) electrons. The van der Waals surface area contributed by atoms with Crippen LogP contribution in [0.2, 0.25) is 0 Å². The van der Waals surface area contributed by atoms with Crippen LogP contribution in [0.5, 0.6) is 0 Å². The maximum absolute atomic E-state index is 5.66. The third-order valence-corrected chi connectivity index (χ3v) is 2.31. The van der Waals surface area contributed by atoms with Gasteiger partial charge in [-0.05, 0) is 24.6 Å². The van der Waals surface area contributed by atoms with E-state index in [1.54, 1.807) is 0 Å². The number of aromatic nitrogens is 1. The van der Waals surface area contributed by atoms with Gasteiger partial charge in [-0.25, -0.2) is 0 Å². The first-order valence-corrected chi connectivity index (χ1v) is 11.9. The molecule has 1 aromatic heterocycles. The molecule has 2 nitrogen and oxygen atoms in total. The molecule has 0 aliphatic carbocycles. The van der Waals surface area contributed by atoms with Gasteiger partial charge >= 0.3 is 30.0 Å². The molecule has 78 valence electrons. The van der Waals surface area contributed by atoms with Gasteiger partial charge < -0.3 is 11.2 Å². The van der Waals surface area contributed by atoms with Gasteiger partial charge in [0.2, 0.25) is 0 Å². The Morgan fingerprint density at radius 1 is 1.60 bits per heavy atom.